The first-order valence-electron chi connectivity index (χ1n) is 6.07. The number of aromatic carboxylic acids is 1. The average molecular weight is 275 g/mol. The van der Waals surface area contributed by atoms with Gasteiger partial charge in [-0.3, -0.25) is 9.36 Å². The van der Waals surface area contributed by atoms with Gasteiger partial charge >= 0.3 is 11.7 Å². The van der Waals surface area contributed by atoms with Crippen LogP contribution in [-0.2, 0) is 6.54 Å². The lowest BCUT2D eigenvalue weighted by Crippen LogP contribution is -2.41. The summed E-state index contributed by atoms with van der Waals surface area (Å²) in [6, 6.07) is 4.73. The molecule has 1 N–H and O–H groups in total. The van der Waals surface area contributed by atoms with Crippen LogP contribution in [0.15, 0.2) is 40.2 Å². The van der Waals surface area contributed by atoms with Crippen molar-refractivity contribution in [1.29, 1.82) is 0 Å². The van der Waals surface area contributed by atoms with E-state index in [0.717, 1.165) is 10.8 Å². The Morgan fingerprint density at radius 1 is 1.35 bits per heavy atom. The van der Waals surface area contributed by atoms with Crippen molar-refractivity contribution in [3.8, 4) is 5.82 Å². The fraction of sp³-hybridized carbons (Fsp3) is 0.231. The molecule has 0 fully saturated rings. The van der Waals surface area contributed by atoms with Crippen LogP contribution < -0.4 is 11.2 Å². The Kier molecular flexibility index (Phi) is 3.79. The Bertz CT molecular complexity index is 746. The fourth-order valence-corrected chi connectivity index (χ4v) is 1.84. The molecule has 0 saturated carbocycles. The quantitative estimate of drug-likeness (QED) is 0.877. The van der Waals surface area contributed by atoms with Crippen LogP contribution in [0.1, 0.15) is 23.7 Å². The van der Waals surface area contributed by atoms with Gasteiger partial charge in [0, 0.05) is 18.9 Å². The largest absolute Gasteiger partial charge is 0.477 e. The molecule has 20 heavy (non-hydrogen) atoms. The summed E-state index contributed by atoms with van der Waals surface area (Å²) in [5.41, 5.74) is -1.93. The SMILES string of the molecule is CCCn1cc(C(=O)O)c(=O)n(-c2ccccn2)c1=O. The molecule has 0 bridgehead atoms. The van der Waals surface area contributed by atoms with Crippen molar-refractivity contribution in [3.63, 3.8) is 0 Å². The zero-order valence-corrected chi connectivity index (χ0v) is 10.8. The molecular weight excluding hydrogens is 262 g/mol. The van der Waals surface area contributed by atoms with Gasteiger partial charge in [-0.1, -0.05) is 13.0 Å². The van der Waals surface area contributed by atoms with Crippen molar-refractivity contribution in [1.82, 2.24) is 14.1 Å². The maximum Gasteiger partial charge on any atom is 0.342 e. The summed E-state index contributed by atoms with van der Waals surface area (Å²) in [6.45, 7) is 2.18. The highest BCUT2D eigenvalue weighted by molar-refractivity contribution is 5.86. The molecule has 2 rings (SSSR count). The standard InChI is InChI=1S/C13H13N3O4/c1-2-7-15-8-9(12(18)19)11(17)16(13(15)20)10-5-3-4-6-14-10/h3-6,8H,2,7H2,1H3,(H,18,19). The maximum atomic E-state index is 12.2. The first-order chi connectivity index (χ1) is 9.56. The molecule has 2 aromatic heterocycles. The van der Waals surface area contributed by atoms with E-state index in [0.29, 0.717) is 13.0 Å². The molecule has 0 aliphatic heterocycles. The molecule has 7 nitrogen and oxygen atoms in total. The van der Waals surface area contributed by atoms with Gasteiger partial charge in [0.25, 0.3) is 5.56 Å². The highest BCUT2D eigenvalue weighted by Crippen LogP contribution is 1.99. The highest BCUT2D eigenvalue weighted by atomic mass is 16.4. The third-order valence-corrected chi connectivity index (χ3v) is 2.73. The van der Waals surface area contributed by atoms with Crippen molar-refractivity contribution >= 4 is 5.97 Å². The van der Waals surface area contributed by atoms with Crippen molar-refractivity contribution in [2.24, 2.45) is 0 Å². The number of aromatic nitrogens is 3. The van der Waals surface area contributed by atoms with Gasteiger partial charge in [0.1, 0.15) is 11.4 Å². The molecule has 2 aromatic rings. The lowest BCUT2D eigenvalue weighted by atomic mass is 10.3. The zero-order valence-electron chi connectivity index (χ0n) is 10.8. The van der Waals surface area contributed by atoms with Gasteiger partial charge in [0.05, 0.1) is 0 Å². The third-order valence-electron chi connectivity index (χ3n) is 2.73. The van der Waals surface area contributed by atoms with Gasteiger partial charge in [0.15, 0.2) is 0 Å². The van der Waals surface area contributed by atoms with E-state index in [1.807, 2.05) is 6.92 Å². The van der Waals surface area contributed by atoms with Crippen LogP contribution in [0.4, 0.5) is 0 Å². The number of aryl methyl sites for hydroxylation is 1. The lowest BCUT2D eigenvalue weighted by molar-refractivity contribution is 0.0693. The molecule has 0 spiro atoms. The van der Waals surface area contributed by atoms with Gasteiger partial charge in [-0.05, 0) is 18.6 Å². The summed E-state index contributed by atoms with van der Waals surface area (Å²) in [6.07, 6.45) is 3.15. The topological polar surface area (TPSA) is 94.2 Å². The molecule has 0 atom stereocenters. The Balaban J connectivity index is 2.82. The van der Waals surface area contributed by atoms with Gasteiger partial charge < -0.3 is 5.11 Å². The van der Waals surface area contributed by atoms with Crippen LogP contribution in [0, 0.1) is 0 Å². The monoisotopic (exact) mass is 275 g/mol. The number of carboxylic acids is 1. The minimum atomic E-state index is -1.37. The number of carboxylic acid groups (broad SMARTS) is 1. The van der Waals surface area contributed by atoms with E-state index in [1.165, 1.54) is 16.8 Å². The Morgan fingerprint density at radius 2 is 2.10 bits per heavy atom. The van der Waals surface area contributed by atoms with Crippen molar-refractivity contribution < 1.29 is 9.90 Å². The number of hydrogen-bond donors (Lipinski definition) is 1. The summed E-state index contributed by atoms with van der Waals surface area (Å²) in [4.78, 5) is 39.4. The second-order valence-electron chi connectivity index (χ2n) is 4.15. The number of rotatable bonds is 4. The zero-order chi connectivity index (χ0) is 14.7. The van der Waals surface area contributed by atoms with Crippen LogP contribution in [0.3, 0.4) is 0 Å². The van der Waals surface area contributed by atoms with E-state index in [9.17, 15) is 14.4 Å². The maximum absolute atomic E-state index is 12.2. The van der Waals surface area contributed by atoms with Crippen LogP contribution in [-0.4, -0.2) is 25.2 Å². The van der Waals surface area contributed by atoms with Crippen LogP contribution in [0.2, 0.25) is 0 Å². The lowest BCUT2D eigenvalue weighted by Gasteiger charge is -2.10. The smallest absolute Gasteiger partial charge is 0.342 e. The van der Waals surface area contributed by atoms with Crippen molar-refractivity contribution in [2.45, 2.75) is 19.9 Å². The number of pyridine rings is 1. The molecule has 0 amide bonds. The van der Waals surface area contributed by atoms with Gasteiger partial charge in [0.2, 0.25) is 0 Å². The highest BCUT2D eigenvalue weighted by Gasteiger charge is 2.17. The van der Waals surface area contributed by atoms with E-state index in [2.05, 4.69) is 4.98 Å². The first-order valence-corrected chi connectivity index (χ1v) is 6.07. The number of nitrogens with zero attached hydrogens (tertiary/aromatic N) is 3. The molecule has 0 saturated heterocycles. The summed E-state index contributed by atoms with van der Waals surface area (Å²) in [5.74, 6) is -1.26. The van der Waals surface area contributed by atoms with E-state index >= 15 is 0 Å². The molecular formula is C13H13N3O4. The Labute approximate surface area is 113 Å². The minimum absolute atomic E-state index is 0.107. The molecule has 0 aliphatic rings. The number of hydrogen-bond acceptors (Lipinski definition) is 4. The number of carbonyl (C=O) groups is 1. The molecule has 0 aromatic carbocycles. The predicted octanol–water partition coefficient (Wildman–Crippen LogP) is 0.502. The van der Waals surface area contributed by atoms with E-state index < -0.39 is 22.8 Å². The van der Waals surface area contributed by atoms with Gasteiger partial charge in [-0.15, -0.1) is 0 Å². The Morgan fingerprint density at radius 3 is 2.65 bits per heavy atom. The second kappa shape index (κ2) is 5.52. The Hall–Kier alpha value is -2.70. The second-order valence-corrected chi connectivity index (χ2v) is 4.15. The van der Waals surface area contributed by atoms with E-state index in [-0.39, 0.29) is 5.82 Å². The van der Waals surface area contributed by atoms with Gasteiger partial charge in [-0.2, -0.15) is 0 Å². The predicted molar refractivity (Wildman–Crippen MR) is 71.3 cm³/mol. The van der Waals surface area contributed by atoms with Crippen molar-refractivity contribution in [3.05, 3.63) is 57.0 Å². The van der Waals surface area contributed by atoms with Gasteiger partial charge in [-0.25, -0.2) is 19.1 Å². The fourth-order valence-electron chi connectivity index (χ4n) is 1.84. The molecule has 0 unspecified atom stereocenters. The van der Waals surface area contributed by atoms with E-state index in [1.54, 1.807) is 12.1 Å². The first kappa shape index (κ1) is 13.7. The van der Waals surface area contributed by atoms with Crippen LogP contribution in [0.25, 0.3) is 5.82 Å². The van der Waals surface area contributed by atoms with E-state index in [4.69, 9.17) is 5.11 Å². The normalized spacial score (nSPS) is 10.4. The summed E-state index contributed by atoms with van der Waals surface area (Å²) >= 11 is 0. The molecule has 0 aliphatic carbocycles. The molecule has 0 radical (unpaired) electrons. The average Bonchev–Trinajstić information content (AvgIpc) is 2.43. The molecule has 104 valence electrons. The summed E-state index contributed by atoms with van der Waals surface area (Å²) in [5, 5.41) is 9.07. The van der Waals surface area contributed by atoms with Crippen LogP contribution in [0.5, 0.6) is 0 Å². The van der Waals surface area contributed by atoms with Crippen molar-refractivity contribution in [2.75, 3.05) is 0 Å². The summed E-state index contributed by atoms with van der Waals surface area (Å²) < 4.78 is 1.98. The summed E-state index contributed by atoms with van der Waals surface area (Å²) in [7, 11) is 0. The minimum Gasteiger partial charge on any atom is -0.477 e. The van der Waals surface area contributed by atoms with Crippen LogP contribution >= 0.6 is 0 Å². The molecule has 2 heterocycles. The third kappa shape index (κ3) is 2.37. The molecule has 7 heteroatoms.